The second-order valence-electron chi connectivity index (χ2n) is 13.4. The molecule has 10 heteroatoms. The van der Waals surface area contributed by atoms with Gasteiger partial charge in [0.15, 0.2) is 0 Å². The first kappa shape index (κ1) is 42.1. The minimum atomic E-state index is -0.614. The molecule has 278 valence electrons. The number of rotatable bonds is 24. The van der Waals surface area contributed by atoms with E-state index in [1.807, 2.05) is 12.1 Å². The molecule has 2 rings (SSSR count). The number of hydrazine groups is 2. The number of unbranched alkanes of at least 4 members (excludes halogenated alkanes) is 11. The van der Waals surface area contributed by atoms with Crippen LogP contribution in [0.5, 0.6) is 11.5 Å². The van der Waals surface area contributed by atoms with Crippen molar-refractivity contribution in [2.24, 2.45) is 5.92 Å². The molecular weight excluding hydrogens is 632 g/mol. The molecule has 6 N–H and O–H groups in total. The summed E-state index contributed by atoms with van der Waals surface area (Å²) >= 11 is 0. The van der Waals surface area contributed by atoms with Gasteiger partial charge in [-0.25, -0.2) is 0 Å². The summed E-state index contributed by atoms with van der Waals surface area (Å²) in [5.41, 5.74) is 11.8. The molecular formula is C40H62N4O6. The number of aryl methyl sites for hydroxylation is 2. The van der Waals surface area contributed by atoms with E-state index < -0.39 is 23.6 Å². The average molecular weight is 695 g/mol. The van der Waals surface area contributed by atoms with Crippen molar-refractivity contribution in [3.63, 3.8) is 0 Å². The van der Waals surface area contributed by atoms with Crippen LogP contribution in [0.3, 0.4) is 0 Å². The third-order valence-electron chi connectivity index (χ3n) is 9.10. The zero-order valence-corrected chi connectivity index (χ0v) is 30.7. The Balaban J connectivity index is 1.82. The summed E-state index contributed by atoms with van der Waals surface area (Å²) in [6, 6.07) is 9.99. The number of hydrogen-bond acceptors (Lipinski definition) is 6. The number of carbonyl (C=O) groups is 4. The van der Waals surface area contributed by atoms with Crippen molar-refractivity contribution in [1.29, 1.82) is 0 Å². The Morgan fingerprint density at radius 3 is 1.46 bits per heavy atom. The predicted molar refractivity (Wildman–Crippen MR) is 198 cm³/mol. The van der Waals surface area contributed by atoms with Crippen LogP contribution < -0.4 is 21.7 Å². The molecule has 1 atom stereocenters. The first-order valence-electron chi connectivity index (χ1n) is 19.0. The largest absolute Gasteiger partial charge is 0.507 e. The smallest absolute Gasteiger partial charge is 0.273 e. The average Bonchev–Trinajstić information content (AvgIpc) is 3.10. The fourth-order valence-corrected chi connectivity index (χ4v) is 5.99. The topological polar surface area (TPSA) is 157 Å². The Labute approximate surface area is 299 Å². The van der Waals surface area contributed by atoms with Gasteiger partial charge in [-0.1, -0.05) is 110 Å². The lowest BCUT2D eigenvalue weighted by Gasteiger charge is -2.17. The summed E-state index contributed by atoms with van der Waals surface area (Å²) in [5, 5.41) is 20.9. The lowest BCUT2D eigenvalue weighted by atomic mass is 9.94. The van der Waals surface area contributed by atoms with Crippen molar-refractivity contribution in [3.05, 3.63) is 58.7 Å². The van der Waals surface area contributed by atoms with Crippen molar-refractivity contribution < 1.29 is 29.4 Å². The van der Waals surface area contributed by atoms with E-state index in [0.29, 0.717) is 19.3 Å². The van der Waals surface area contributed by atoms with E-state index in [2.05, 4.69) is 42.5 Å². The maximum absolute atomic E-state index is 13.1. The van der Waals surface area contributed by atoms with Crippen LogP contribution in [0.25, 0.3) is 0 Å². The van der Waals surface area contributed by atoms with E-state index in [1.165, 1.54) is 38.5 Å². The predicted octanol–water partition coefficient (Wildman–Crippen LogP) is 8.10. The van der Waals surface area contributed by atoms with Crippen molar-refractivity contribution in [3.8, 4) is 11.5 Å². The Hall–Kier alpha value is -4.08. The van der Waals surface area contributed by atoms with Crippen LogP contribution in [0.1, 0.15) is 168 Å². The molecule has 0 aliphatic heterocycles. The highest BCUT2D eigenvalue weighted by molar-refractivity contribution is 5.98. The Morgan fingerprint density at radius 1 is 0.540 bits per heavy atom. The molecule has 2 aromatic rings. The summed E-state index contributed by atoms with van der Waals surface area (Å²) in [4.78, 5) is 51.0. The van der Waals surface area contributed by atoms with Gasteiger partial charge in [-0.15, -0.1) is 0 Å². The minimum Gasteiger partial charge on any atom is -0.507 e. The molecule has 10 nitrogen and oxygen atoms in total. The van der Waals surface area contributed by atoms with Crippen molar-refractivity contribution in [2.45, 2.75) is 149 Å². The van der Waals surface area contributed by atoms with E-state index in [9.17, 15) is 29.4 Å². The third-order valence-corrected chi connectivity index (χ3v) is 9.10. The molecule has 0 saturated heterocycles. The first-order valence-corrected chi connectivity index (χ1v) is 19.0. The molecule has 0 radical (unpaired) electrons. The quantitative estimate of drug-likeness (QED) is 0.0482. The van der Waals surface area contributed by atoms with Gasteiger partial charge in [-0.3, -0.25) is 40.9 Å². The second kappa shape index (κ2) is 25.0. The number of nitrogens with one attached hydrogen (secondary N) is 4. The number of benzene rings is 2. The van der Waals surface area contributed by atoms with Crippen LogP contribution in [-0.2, 0) is 22.4 Å². The molecule has 0 aliphatic carbocycles. The second-order valence-corrected chi connectivity index (χ2v) is 13.4. The maximum Gasteiger partial charge on any atom is 0.273 e. The number of amides is 4. The molecule has 0 bridgehead atoms. The molecule has 0 heterocycles. The van der Waals surface area contributed by atoms with E-state index >= 15 is 0 Å². The van der Waals surface area contributed by atoms with E-state index in [0.717, 1.165) is 75.3 Å². The van der Waals surface area contributed by atoms with Gasteiger partial charge in [0.2, 0.25) is 11.8 Å². The zero-order valence-electron chi connectivity index (χ0n) is 30.7. The number of hydrogen-bond donors (Lipinski definition) is 6. The van der Waals surface area contributed by atoms with E-state index in [1.54, 1.807) is 24.3 Å². The highest BCUT2D eigenvalue weighted by Crippen LogP contribution is 2.22. The van der Waals surface area contributed by atoms with Gasteiger partial charge in [0.25, 0.3) is 11.8 Å². The molecule has 2 aromatic carbocycles. The van der Waals surface area contributed by atoms with Crippen LogP contribution in [-0.4, -0.2) is 33.8 Å². The Morgan fingerprint density at radius 2 is 0.980 bits per heavy atom. The first-order chi connectivity index (χ1) is 24.2. The standard InChI is InChI=1S/C40H62N4O6/c1-4-7-10-13-15-19-30-24-26-33(35(45)28-30)39(49)43-41-37(47)23-18-22-32(21-17-12-9-6-3)38(48)42-44-40(50)34-27-25-31(29-36(34)46)20-16-14-11-8-5-2/h24-29,32,45-46H,4-23H2,1-3H3,(H,41,47)(H,42,48)(H,43,49)(H,44,50). The normalized spacial score (nSPS) is 11.5. The summed E-state index contributed by atoms with van der Waals surface area (Å²) in [6.45, 7) is 6.46. The number of phenolic OH excluding ortho intramolecular Hbond substituents is 2. The van der Waals surface area contributed by atoms with Gasteiger partial charge < -0.3 is 10.2 Å². The fraction of sp³-hybridized carbons (Fsp3) is 0.600. The van der Waals surface area contributed by atoms with Gasteiger partial charge in [-0.05, 0) is 80.3 Å². The van der Waals surface area contributed by atoms with E-state index in [-0.39, 0.29) is 35.0 Å². The van der Waals surface area contributed by atoms with Gasteiger partial charge >= 0.3 is 0 Å². The van der Waals surface area contributed by atoms with Gasteiger partial charge in [0.05, 0.1) is 11.1 Å². The third kappa shape index (κ3) is 16.5. The molecule has 50 heavy (non-hydrogen) atoms. The van der Waals surface area contributed by atoms with Crippen molar-refractivity contribution in [1.82, 2.24) is 21.7 Å². The summed E-state index contributed by atoms with van der Waals surface area (Å²) < 4.78 is 0. The van der Waals surface area contributed by atoms with Crippen LogP contribution >= 0.6 is 0 Å². The summed E-state index contributed by atoms with van der Waals surface area (Å²) in [6.07, 6.45) is 18.5. The number of carbonyl (C=O) groups excluding carboxylic acids is 4. The molecule has 0 aromatic heterocycles. The Kier molecular flexibility index (Phi) is 21.0. The fourth-order valence-electron chi connectivity index (χ4n) is 5.99. The van der Waals surface area contributed by atoms with Gasteiger partial charge in [-0.2, -0.15) is 0 Å². The van der Waals surface area contributed by atoms with Crippen LogP contribution in [0.15, 0.2) is 36.4 Å². The van der Waals surface area contributed by atoms with Crippen LogP contribution in [0.4, 0.5) is 0 Å². The molecule has 1 unspecified atom stereocenters. The molecule has 4 amide bonds. The number of phenols is 2. The molecule has 0 aliphatic rings. The molecule has 0 fully saturated rings. The highest BCUT2D eigenvalue weighted by Gasteiger charge is 2.21. The summed E-state index contributed by atoms with van der Waals surface area (Å²) in [5.74, 6) is -2.68. The highest BCUT2D eigenvalue weighted by atomic mass is 16.3. The van der Waals surface area contributed by atoms with Gasteiger partial charge in [0, 0.05) is 12.3 Å². The van der Waals surface area contributed by atoms with Crippen molar-refractivity contribution >= 4 is 23.6 Å². The maximum atomic E-state index is 13.1. The minimum absolute atomic E-state index is 0.0765. The lowest BCUT2D eigenvalue weighted by molar-refractivity contribution is -0.127. The lowest BCUT2D eigenvalue weighted by Crippen LogP contribution is -2.44. The SMILES string of the molecule is CCCCCCCc1ccc(C(=O)NNC(=O)CCCC(CCCCCC)C(=O)NNC(=O)c2ccc(CCCCCCC)cc2O)c(O)c1. The molecule has 0 spiro atoms. The number of aromatic hydroxyl groups is 2. The summed E-state index contributed by atoms with van der Waals surface area (Å²) in [7, 11) is 0. The monoisotopic (exact) mass is 694 g/mol. The van der Waals surface area contributed by atoms with Crippen molar-refractivity contribution in [2.75, 3.05) is 0 Å². The van der Waals surface area contributed by atoms with Crippen LogP contribution in [0, 0.1) is 5.92 Å². The van der Waals surface area contributed by atoms with Gasteiger partial charge in [0.1, 0.15) is 11.5 Å². The Bertz CT molecular complexity index is 1330. The zero-order chi connectivity index (χ0) is 36.6. The van der Waals surface area contributed by atoms with E-state index in [4.69, 9.17) is 0 Å². The van der Waals surface area contributed by atoms with Crippen LogP contribution in [0.2, 0.25) is 0 Å². The molecule has 0 saturated carbocycles.